The lowest BCUT2D eigenvalue weighted by atomic mass is 10.0. The van der Waals surface area contributed by atoms with Gasteiger partial charge < -0.3 is 30.5 Å². The van der Waals surface area contributed by atoms with Crippen molar-refractivity contribution in [3.8, 4) is 17.0 Å². The number of nitrogens with one attached hydrogen (secondary N) is 1. The maximum absolute atomic E-state index is 16.1. The van der Waals surface area contributed by atoms with Gasteiger partial charge in [-0.15, -0.1) is 0 Å². The molecule has 1 fully saturated rings. The van der Waals surface area contributed by atoms with Gasteiger partial charge in [-0.3, -0.25) is 4.79 Å². The van der Waals surface area contributed by atoms with E-state index in [0.29, 0.717) is 42.2 Å². The quantitative estimate of drug-likeness (QED) is 0.332. The number of aromatic nitrogens is 3. The number of nitrogens with two attached hydrogens (primary N) is 1. The van der Waals surface area contributed by atoms with E-state index in [2.05, 4.69) is 15.4 Å². The van der Waals surface area contributed by atoms with Crippen LogP contribution in [-0.4, -0.2) is 62.9 Å². The van der Waals surface area contributed by atoms with E-state index >= 15 is 4.39 Å². The normalized spacial score (nSPS) is 19.0. The zero-order valence-electron chi connectivity index (χ0n) is 21.4. The third-order valence-corrected chi connectivity index (χ3v) is 7.43. The van der Waals surface area contributed by atoms with Crippen LogP contribution in [0.15, 0.2) is 48.8 Å². The number of fused-ring (bicyclic) bond motifs is 2. The van der Waals surface area contributed by atoms with Crippen molar-refractivity contribution < 1.29 is 23.8 Å². The highest BCUT2D eigenvalue weighted by Gasteiger charge is 2.37. The molecule has 2 aliphatic heterocycles. The highest BCUT2D eigenvalue weighted by atomic mass is 19.1. The Kier molecular flexibility index (Phi) is 6.63. The molecular weight excluding hydrogens is 503 g/mol. The Labute approximate surface area is 224 Å². The van der Waals surface area contributed by atoms with Crippen molar-refractivity contribution in [2.45, 2.75) is 38.2 Å². The number of rotatable bonds is 7. The number of aliphatic hydroxyl groups is 1. The van der Waals surface area contributed by atoms with Gasteiger partial charge in [-0.2, -0.15) is 5.10 Å². The molecule has 5 heterocycles. The van der Waals surface area contributed by atoms with Crippen LogP contribution in [-0.2, 0) is 24.4 Å². The van der Waals surface area contributed by atoms with E-state index < -0.39 is 5.82 Å². The molecule has 6 rings (SSSR count). The largest absolute Gasteiger partial charge is 0.497 e. The molecule has 1 saturated heterocycles. The van der Waals surface area contributed by atoms with Gasteiger partial charge in [0.1, 0.15) is 5.75 Å². The smallest absolute Gasteiger partial charge is 0.257 e. The lowest BCUT2D eigenvalue weighted by Gasteiger charge is -2.30. The van der Waals surface area contributed by atoms with Gasteiger partial charge in [0.15, 0.2) is 11.6 Å². The number of nitrogens with zero attached hydrogens (tertiary/aromatic N) is 4. The fourth-order valence-electron chi connectivity index (χ4n) is 5.30. The molecule has 1 amide bonds. The summed E-state index contributed by atoms with van der Waals surface area (Å²) in [5.41, 5.74) is 9.83. The number of methoxy groups -OCH3 is 1. The molecule has 10 nitrogen and oxygen atoms in total. The number of hydrogen-bond acceptors (Lipinski definition) is 8. The standard InChI is InChI=1S/C28H29FN6O4/c1-38-18-6-5-16(17(10-18)14-36)12-34-13-20-24(28(34)37)26(19-11-31-35-8-3-2-4-23(19)35)33-27(25(20)29)32-22-7-9-39-15-21(22)30/h2-6,8,10-11,21-22,36H,7,9,12-15,30H2,1H3,(H,32,33)/t21-,22+/m0/s1. The summed E-state index contributed by atoms with van der Waals surface area (Å²) in [6.45, 7) is 0.909. The van der Waals surface area contributed by atoms with Gasteiger partial charge in [0.2, 0.25) is 0 Å². The Hall–Kier alpha value is -4.06. The van der Waals surface area contributed by atoms with E-state index in [-0.39, 0.29) is 54.6 Å². The average Bonchev–Trinajstić information content (AvgIpc) is 3.53. The van der Waals surface area contributed by atoms with Crippen LogP contribution in [0.2, 0.25) is 0 Å². The molecule has 202 valence electrons. The van der Waals surface area contributed by atoms with Crippen LogP contribution in [0, 0.1) is 5.82 Å². The minimum Gasteiger partial charge on any atom is -0.497 e. The SMILES string of the molecule is COc1ccc(CN2Cc3c(F)c(N[C@@H]4CCOC[C@@H]4N)nc(-c4cnn5ccccc45)c3C2=O)c(CO)c1. The number of aliphatic hydroxyl groups excluding tert-OH is 1. The molecule has 39 heavy (non-hydrogen) atoms. The minimum absolute atomic E-state index is 0.0523. The molecule has 1 aromatic carbocycles. The number of ether oxygens (including phenoxy) is 2. The molecule has 11 heteroatoms. The van der Waals surface area contributed by atoms with Gasteiger partial charge in [0, 0.05) is 42.6 Å². The number of benzene rings is 1. The summed E-state index contributed by atoms with van der Waals surface area (Å²) in [4.78, 5) is 20.1. The van der Waals surface area contributed by atoms with Crippen molar-refractivity contribution in [2.75, 3.05) is 25.6 Å². The number of carbonyl (C=O) groups is 1. The number of halogens is 1. The number of amides is 1. The monoisotopic (exact) mass is 532 g/mol. The zero-order valence-corrected chi connectivity index (χ0v) is 21.4. The van der Waals surface area contributed by atoms with Gasteiger partial charge in [-0.05, 0) is 41.8 Å². The van der Waals surface area contributed by atoms with E-state index in [1.807, 2.05) is 18.2 Å². The fourth-order valence-corrected chi connectivity index (χ4v) is 5.30. The van der Waals surface area contributed by atoms with Gasteiger partial charge in [0.05, 0.1) is 49.8 Å². The topological polar surface area (TPSA) is 127 Å². The molecule has 0 unspecified atom stereocenters. The predicted octanol–water partition coefficient (Wildman–Crippen LogP) is 2.72. The first-order valence-corrected chi connectivity index (χ1v) is 12.8. The molecule has 2 atom stereocenters. The molecule has 0 radical (unpaired) electrons. The second kappa shape index (κ2) is 10.3. The van der Waals surface area contributed by atoms with Crippen molar-refractivity contribution in [3.05, 3.63) is 76.9 Å². The summed E-state index contributed by atoms with van der Waals surface area (Å²) in [6.07, 6.45) is 4.05. The first-order valence-electron chi connectivity index (χ1n) is 12.8. The molecule has 0 bridgehead atoms. The van der Waals surface area contributed by atoms with Crippen molar-refractivity contribution in [2.24, 2.45) is 5.73 Å². The molecule has 3 aromatic heterocycles. The van der Waals surface area contributed by atoms with Crippen molar-refractivity contribution in [3.63, 3.8) is 0 Å². The Morgan fingerprint density at radius 3 is 2.95 bits per heavy atom. The number of anilines is 1. The number of pyridine rings is 2. The van der Waals surface area contributed by atoms with E-state index in [1.54, 1.807) is 47.1 Å². The lowest BCUT2D eigenvalue weighted by molar-refractivity contribution is 0.0750. The third-order valence-electron chi connectivity index (χ3n) is 7.43. The summed E-state index contributed by atoms with van der Waals surface area (Å²) < 4.78 is 28.5. The second-order valence-corrected chi connectivity index (χ2v) is 9.80. The van der Waals surface area contributed by atoms with Crippen LogP contribution in [0.1, 0.15) is 33.5 Å². The van der Waals surface area contributed by atoms with Crippen molar-refractivity contribution in [1.29, 1.82) is 0 Å². The molecule has 2 aliphatic rings. The molecule has 0 spiro atoms. The van der Waals surface area contributed by atoms with Gasteiger partial charge in [0.25, 0.3) is 5.91 Å². The van der Waals surface area contributed by atoms with Crippen LogP contribution >= 0.6 is 0 Å². The number of hydrogen-bond donors (Lipinski definition) is 3. The van der Waals surface area contributed by atoms with Crippen LogP contribution in [0.5, 0.6) is 5.75 Å². The molecule has 4 aromatic rings. The predicted molar refractivity (Wildman–Crippen MR) is 142 cm³/mol. The first kappa shape index (κ1) is 25.2. The lowest BCUT2D eigenvalue weighted by Crippen LogP contribution is -2.48. The maximum Gasteiger partial charge on any atom is 0.257 e. The summed E-state index contributed by atoms with van der Waals surface area (Å²) in [7, 11) is 1.55. The van der Waals surface area contributed by atoms with Crippen LogP contribution < -0.4 is 15.8 Å². The Balaban J connectivity index is 1.43. The Morgan fingerprint density at radius 2 is 2.15 bits per heavy atom. The maximum atomic E-state index is 16.1. The van der Waals surface area contributed by atoms with Gasteiger partial charge in [-0.25, -0.2) is 13.9 Å². The first-order chi connectivity index (χ1) is 19.0. The van der Waals surface area contributed by atoms with Crippen LogP contribution in [0.25, 0.3) is 16.8 Å². The number of carbonyl (C=O) groups excluding carboxylic acids is 1. The van der Waals surface area contributed by atoms with E-state index in [1.165, 1.54) is 0 Å². The highest BCUT2D eigenvalue weighted by molar-refractivity contribution is 6.05. The highest BCUT2D eigenvalue weighted by Crippen LogP contribution is 2.38. The van der Waals surface area contributed by atoms with Crippen LogP contribution in [0.4, 0.5) is 10.2 Å². The van der Waals surface area contributed by atoms with Crippen molar-refractivity contribution >= 4 is 17.2 Å². The Morgan fingerprint density at radius 1 is 1.28 bits per heavy atom. The fraction of sp³-hybridized carbons (Fsp3) is 0.321. The summed E-state index contributed by atoms with van der Waals surface area (Å²) in [5.74, 6) is -0.254. The van der Waals surface area contributed by atoms with Gasteiger partial charge >= 0.3 is 0 Å². The van der Waals surface area contributed by atoms with E-state index in [4.69, 9.17) is 15.2 Å². The average molecular weight is 533 g/mol. The summed E-state index contributed by atoms with van der Waals surface area (Å²) >= 11 is 0. The molecule has 4 N–H and O–H groups in total. The zero-order chi connectivity index (χ0) is 27.1. The summed E-state index contributed by atoms with van der Waals surface area (Å²) in [5, 5.41) is 17.5. The Bertz CT molecular complexity index is 1560. The second-order valence-electron chi connectivity index (χ2n) is 9.80. The van der Waals surface area contributed by atoms with E-state index in [9.17, 15) is 9.90 Å². The molecule has 0 saturated carbocycles. The summed E-state index contributed by atoms with van der Waals surface area (Å²) in [6, 6.07) is 10.4. The third kappa shape index (κ3) is 4.48. The van der Waals surface area contributed by atoms with Crippen molar-refractivity contribution in [1.82, 2.24) is 19.5 Å². The van der Waals surface area contributed by atoms with Crippen LogP contribution in [0.3, 0.4) is 0 Å². The van der Waals surface area contributed by atoms with E-state index in [0.717, 1.165) is 11.1 Å². The van der Waals surface area contributed by atoms with Gasteiger partial charge in [-0.1, -0.05) is 12.1 Å². The molecule has 0 aliphatic carbocycles. The minimum atomic E-state index is -0.572. The molecular formula is C28H29FN6O4.